The van der Waals surface area contributed by atoms with E-state index in [0.29, 0.717) is 40.5 Å². The van der Waals surface area contributed by atoms with Gasteiger partial charge >= 0.3 is 0 Å². The number of hydrogen-bond acceptors (Lipinski definition) is 4. The summed E-state index contributed by atoms with van der Waals surface area (Å²) in [6.07, 6.45) is 0.707. The van der Waals surface area contributed by atoms with Crippen LogP contribution in [-0.2, 0) is 6.61 Å². The highest BCUT2D eigenvalue weighted by Crippen LogP contribution is 2.36. The van der Waals surface area contributed by atoms with Crippen molar-refractivity contribution in [2.24, 2.45) is 0 Å². The minimum Gasteiger partial charge on any atom is -0.490 e. The van der Waals surface area contributed by atoms with Gasteiger partial charge in [-0.05, 0) is 36.8 Å². The van der Waals surface area contributed by atoms with Crippen molar-refractivity contribution in [3.8, 4) is 17.6 Å². The van der Waals surface area contributed by atoms with Crippen molar-refractivity contribution in [1.29, 1.82) is 5.26 Å². The van der Waals surface area contributed by atoms with Crippen molar-refractivity contribution in [3.63, 3.8) is 0 Å². The van der Waals surface area contributed by atoms with E-state index in [0.717, 1.165) is 5.56 Å². The number of benzene rings is 2. The van der Waals surface area contributed by atoms with Crippen molar-refractivity contribution >= 4 is 17.9 Å². The minimum absolute atomic E-state index is 0.284. The number of nitrogens with zero attached hydrogens (tertiary/aromatic N) is 1. The smallest absolute Gasteiger partial charge is 0.180 e. The van der Waals surface area contributed by atoms with Crippen LogP contribution in [0.4, 0.5) is 0 Å². The number of halogens is 1. The van der Waals surface area contributed by atoms with Crippen LogP contribution in [0.15, 0.2) is 36.4 Å². The number of aldehydes is 1. The predicted octanol–water partition coefficient (Wildman–Crippen LogP) is 4.00. The van der Waals surface area contributed by atoms with E-state index in [-0.39, 0.29) is 6.61 Å². The Morgan fingerprint density at radius 3 is 2.55 bits per heavy atom. The van der Waals surface area contributed by atoms with Gasteiger partial charge in [0.1, 0.15) is 12.9 Å². The van der Waals surface area contributed by atoms with Crippen LogP contribution in [0, 0.1) is 11.3 Å². The highest BCUT2D eigenvalue weighted by molar-refractivity contribution is 6.32. The van der Waals surface area contributed by atoms with Crippen molar-refractivity contribution in [2.45, 2.75) is 13.5 Å². The van der Waals surface area contributed by atoms with Crippen molar-refractivity contribution < 1.29 is 14.3 Å². The number of ether oxygens (including phenoxy) is 2. The zero-order valence-electron chi connectivity index (χ0n) is 12.0. The second-order valence-corrected chi connectivity index (χ2v) is 4.89. The Balaban J connectivity index is 2.20. The third-order valence-corrected chi connectivity index (χ3v) is 3.21. The molecule has 0 aliphatic rings. The summed E-state index contributed by atoms with van der Waals surface area (Å²) in [7, 11) is 0. The number of rotatable bonds is 6. The molecule has 0 aliphatic heterocycles. The van der Waals surface area contributed by atoms with Gasteiger partial charge in [0.05, 0.1) is 23.3 Å². The quantitative estimate of drug-likeness (QED) is 0.756. The van der Waals surface area contributed by atoms with Crippen LogP contribution in [0.25, 0.3) is 0 Å². The van der Waals surface area contributed by atoms with Gasteiger partial charge in [-0.3, -0.25) is 4.79 Å². The molecule has 4 nitrogen and oxygen atoms in total. The first-order valence-electron chi connectivity index (χ1n) is 6.71. The molecule has 0 radical (unpaired) electrons. The fourth-order valence-corrected chi connectivity index (χ4v) is 2.16. The van der Waals surface area contributed by atoms with Gasteiger partial charge in [0.2, 0.25) is 0 Å². The fraction of sp³-hybridized carbons (Fsp3) is 0.176. The summed E-state index contributed by atoms with van der Waals surface area (Å²) in [5.41, 5.74) is 1.92. The molecule has 0 amide bonds. The maximum atomic E-state index is 10.9. The molecule has 5 heteroatoms. The molecule has 0 bridgehead atoms. The monoisotopic (exact) mass is 315 g/mol. The van der Waals surface area contributed by atoms with Gasteiger partial charge in [0.15, 0.2) is 11.5 Å². The maximum absolute atomic E-state index is 10.9. The molecule has 22 heavy (non-hydrogen) atoms. The van der Waals surface area contributed by atoms with E-state index in [2.05, 4.69) is 6.07 Å². The molecule has 2 rings (SSSR count). The summed E-state index contributed by atoms with van der Waals surface area (Å²) in [5.74, 6) is 0.837. The summed E-state index contributed by atoms with van der Waals surface area (Å²) >= 11 is 6.16. The summed E-state index contributed by atoms with van der Waals surface area (Å²) in [6, 6.07) is 12.3. The first-order chi connectivity index (χ1) is 10.7. The normalized spacial score (nSPS) is 9.86. The average Bonchev–Trinajstić information content (AvgIpc) is 2.54. The van der Waals surface area contributed by atoms with Crippen LogP contribution in [0.5, 0.6) is 11.5 Å². The molecule has 0 aliphatic carbocycles. The number of hydrogen-bond donors (Lipinski definition) is 0. The van der Waals surface area contributed by atoms with E-state index in [1.54, 1.807) is 18.2 Å². The Hall–Kier alpha value is -2.51. The molecule has 2 aromatic carbocycles. The van der Waals surface area contributed by atoms with E-state index >= 15 is 0 Å². The topological polar surface area (TPSA) is 59.3 Å². The molecular weight excluding hydrogens is 302 g/mol. The lowest BCUT2D eigenvalue weighted by atomic mass is 10.1. The molecule has 112 valence electrons. The highest BCUT2D eigenvalue weighted by Gasteiger charge is 2.12. The van der Waals surface area contributed by atoms with Crippen LogP contribution >= 0.6 is 11.6 Å². The second-order valence-electron chi connectivity index (χ2n) is 4.48. The van der Waals surface area contributed by atoms with Crippen molar-refractivity contribution in [2.75, 3.05) is 6.61 Å². The Morgan fingerprint density at radius 2 is 1.95 bits per heavy atom. The molecule has 0 N–H and O–H groups in total. The number of carbonyl (C=O) groups excluding carboxylic acids is 1. The minimum atomic E-state index is 0.284. The Labute approximate surface area is 133 Å². The first-order valence-corrected chi connectivity index (χ1v) is 7.09. The lowest BCUT2D eigenvalue weighted by Crippen LogP contribution is -2.01. The van der Waals surface area contributed by atoms with Gasteiger partial charge in [-0.25, -0.2) is 0 Å². The lowest BCUT2D eigenvalue weighted by Gasteiger charge is -2.14. The molecular formula is C17H14ClNO3. The van der Waals surface area contributed by atoms with E-state index in [1.807, 2.05) is 19.1 Å². The van der Waals surface area contributed by atoms with Crippen LogP contribution in [0.1, 0.15) is 28.4 Å². The molecule has 0 saturated heterocycles. The van der Waals surface area contributed by atoms with Crippen LogP contribution < -0.4 is 9.47 Å². The summed E-state index contributed by atoms with van der Waals surface area (Å²) in [5, 5.41) is 9.09. The van der Waals surface area contributed by atoms with E-state index in [9.17, 15) is 4.79 Å². The maximum Gasteiger partial charge on any atom is 0.180 e. The van der Waals surface area contributed by atoms with Gasteiger partial charge in [0.25, 0.3) is 0 Å². The molecule has 0 heterocycles. The van der Waals surface area contributed by atoms with Gasteiger partial charge in [-0.1, -0.05) is 23.7 Å². The summed E-state index contributed by atoms with van der Waals surface area (Å²) in [4.78, 5) is 10.9. The largest absolute Gasteiger partial charge is 0.490 e. The van der Waals surface area contributed by atoms with Crippen LogP contribution in [-0.4, -0.2) is 12.9 Å². The molecule has 0 unspecified atom stereocenters. The van der Waals surface area contributed by atoms with E-state index < -0.39 is 0 Å². The molecule has 0 aromatic heterocycles. The Morgan fingerprint density at radius 1 is 1.23 bits per heavy atom. The zero-order valence-corrected chi connectivity index (χ0v) is 12.8. The van der Waals surface area contributed by atoms with Crippen molar-refractivity contribution in [3.05, 3.63) is 58.1 Å². The van der Waals surface area contributed by atoms with Gasteiger partial charge < -0.3 is 9.47 Å². The number of nitriles is 1. The van der Waals surface area contributed by atoms with Crippen LogP contribution in [0.2, 0.25) is 5.02 Å². The third-order valence-electron chi connectivity index (χ3n) is 2.93. The first kappa shape index (κ1) is 15.9. The number of carbonyl (C=O) groups is 1. The van der Waals surface area contributed by atoms with Crippen molar-refractivity contribution in [1.82, 2.24) is 0 Å². The molecule has 2 aromatic rings. The van der Waals surface area contributed by atoms with Crippen LogP contribution in [0.3, 0.4) is 0 Å². The fourth-order valence-electron chi connectivity index (χ4n) is 1.89. The SMILES string of the molecule is CCOc1cc(C=O)cc(Cl)c1OCc1ccc(C#N)cc1. The molecule has 0 saturated carbocycles. The molecule has 0 atom stereocenters. The van der Waals surface area contributed by atoms with E-state index in [1.165, 1.54) is 6.07 Å². The lowest BCUT2D eigenvalue weighted by molar-refractivity contribution is 0.112. The van der Waals surface area contributed by atoms with Gasteiger partial charge in [0, 0.05) is 5.56 Å². The Kier molecular flexibility index (Phi) is 5.40. The highest BCUT2D eigenvalue weighted by atomic mass is 35.5. The van der Waals surface area contributed by atoms with E-state index in [4.69, 9.17) is 26.3 Å². The average molecular weight is 316 g/mol. The van der Waals surface area contributed by atoms with Gasteiger partial charge in [-0.15, -0.1) is 0 Å². The molecule has 0 fully saturated rings. The van der Waals surface area contributed by atoms with Gasteiger partial charge in [-0.2, -0.15) is 5.26 Å². The third kappa shape index (κ3) is 3.78. The Bertz CT molecular complexity index is 705. The summed E-state index contributed by atoms with van der Waals surface area (Å²) in [6.45, 7) is 2.56. The summed E-state index contributed by atoms with van der Waals surface area (Å²) < 4.78 is 11.2. The molecule has 0 spiro atoms. The predicted molar refractivity (Wildman–Crippen MR) is 83.5 cm³/mol. The second kappa shape index (κ2) is 7.48. The standard InChI is InChI=1S/C17H14ClNO3/c1-2-21-16-8-14(10-20)7-15(18)17(16)22-11-13-5-3-12(9-19)4-6-13/h3-8,10H,2,11H2,1H3. The zero-order chi connectivity index (χ0) is 15.9.